The van der Waals surface area contributed by atoms with Gasteiger partial charge in [0.25, 0.3) is 0 Å². The van der Waals surface area contributed by atoms with Crippen LogP contribution in [0.3, 0.4) is 0 Å². The predicted octanol–water partition coefficient (Wildman–Crippen LogP) is 8.52. The molecule has 6 rings (SSSR count). The van der Waals surface area contributed by atoms with Crippen LogP contribution in [0.25, 0.3) is 0 Å². The van der Waals surface area contributed by atoms with Gasteiger partial charge in [0.2, 0.25) is 0 Å². The number of hydrogen-bond acceptors (Lipinski definition) is 10. The predicted molar refractivity (Wildman–Crippen MR) is 206 cm³/mol. The fourth-order valence-electron chi connectivity index (χ4n) is 14.0. The van der Waals surface area contributed by atoms with E-state index in [0.717, 1.165) is 37.0 Å². The Morgan fingerprint density at radius 2 is 1.29 bits per heavy atom. The van der Waals surface area contributed by atoms with Gasteiger partial charge in [0, 0.05) is 27.7 Å². The van der Waals surface area contributed by atoms with Crippen LogP contribution in [0.5, 0.6) is 0 Å². The van der Waals surface area contributed by atoms with Crippen LogP contribution >= 0.6 is 0 Å². The molecule has 310 valence electrons. The third-order valence-corrected chi connectivity index (χ3v) is 16.9. The molecular weight excluding hydrogens is 700 g/mol. The molecule has 0 aromatic carbocycles. The van der Waals surface area contributed by atoms with Gasteiger partial charge in [-0.1, -0.05) is 53.7 Å². The molecule has 5 aliphatic carbocycles. The number of allylic oxidation sites excluding steroid dienone is 1. The molecule has 10 heteroatoms. The first kappa shape index (κ1) is 42.2. The lowest BCUT2D eigenvalue weighted by Crippen LogP contribution is -2.64. The molecule has 0 aromatic heterocycles. The Balaban J connectivity index is 1.23. The smallest absolute Gasteiger partial charge is 0.303 e. The summed E-state index contributed by atoms with van der Waals surface area (Å²) in [6.45, 7) is 26.0. The van der Waals surface area contributed by atoms with Crippen LogP contribution in [-0.4, -0.2) is 67.3 Å². The van der Waals surface area contributed by atoms with E-state index < -0.39 is 54.6 Å². The molecule has 6 fully saturated rings. The Kier molecular flexibility index (Phi) is 11.5. The maximum Gasteiger partial charge on any atom is 0.303 e. The second-order valence-electron chi connectivity index (χ2n) is 20.0. The topological polar surface area (TPSA) is 124 Å². The lowest BCUT2D eigenvalue weighted by molar-refractivity contribution is -0.330. The highest BCUT2D eigenvalue weighted by Gasteiger charge is 2.82. The average Bonchev–Trinajstić information content (AvgIpc) is 3.67. The fraction of sp³-hybridized carbons (Fsp3) is 0.867. The lowest BCUT2D eigenvalue weighted by atomic mass is 9.41. The third kappa shape index (κ3) is 7.09. The number of hydrogen-bond donors (Lipinski definition) is 0. The van der Waals surface area contributed by atoms with E-state index in [1.807, 2.05) is 0 Å². The molecule has 55 heavy (non-hydrogen) atoms. The number of carbonyl (C=O) groups excluding carboxylic acids is 4. The number of fused-ring (bicyclic) bond motifs is 2. The van der Waals surface area contributed by atoms with Crippen molar-refractivity contribution < 1.29 is 47.6 Å². The van der Waals surface area contributed by atoms with Gasteiger partial charge in [0.05, 0.1) is 6.10 Å². The zero-order valence-electron chi connectivity index (χ0n) is 35.6. The van der Waals surface area contributed by atoms with Crippen molar-refractivity contribution in [3.8, 4) is 0 Å². The van der Waals surface area contributed by atoms with Crippen LogP contribution in [0.15, 0.2) is 12.2 Å². The highest BCUT2D eigenvalue weighted by atomic mass is 16.7. The minimum absolute atomic E-state index is 0.236. The third-order valence-electron chi connectivity index (χ3n) is 16.9. The summed E-state index contributed by atoms with van der Waals surface area (Å²) in [5.74, 6) is 0.768. The monoisotopic (exact) mass is 770 g/mol. The van der Waals surface area contributed by atoms with Gasteiger partial charge < -0.3 is 28.4 Å². The number of esters is 4. The van der Waals surface area contributed by atoms with E-state index in [9.17, 15) is 19.2 Å². The first-order valence-electron chi connectivity index (χ1n) is 21.2. The van der Waals surface area contributed by atoms with Crippen molar-refractivity contribution >= 4 is 23.9 Å². The molecule has 0 amide bonds. The highest BCUT2D eigenvalue weighted by molar-refractivity contribution is 5.68. The zero-order valence-corrected chi connectivity index (χ0v) is 35.6. The molecule has 6 aliphatic rings. The minimum Gasteiger partial charge on any atom is -0.463 e. The van der Waals surface area contributed by atoms with Crippen molar-refractivity contribution in [2.45, 2.75) is 184 Å². The average molecular weight is 771 g/mol. The lowest BCUT2D eigenvalue weighted by Gasteiger charge is -2.63. The number of rotatable bonds is 12. The summed E-state index contributed by atoms with van der Waals surface area (Å²) in [7, 11) is 0. The first-order valence-corrected chi connectivity index (χ1v) is 21.2. The Morgan fingerprint density at radius 3 is 1.91 bits per heavy atom. The van der Waals surface area contributed by atoms with Crippen molar-refractivity contribution in [1.29, 1.82) is 0 Å². The highest BCUT2D eigenvalue weighted by Crippen LogP contribution is 2.89. The van der Waals surface area contributed by atoms with E-state index in [4.69, 9.17) is 28.4 Å². The molecule has 2 spiro atoms. The second-order valence-corrected chi connectivity index (χ2v) is 20.0. The fourth-order valence-corrected chi connectivity index (χ4v) is 14.0. The maximum absolute atomic E-state index is 12.5. The SMILES string of the molecule is C=C(C)C(C)CCC(C)C1CC[C@@]2(C)[C@@H]3CCC4C(C)(C)[C@@H](O[C@@H]5O[C@H](COC(C)=O)[C@@H](OC(C)=O)[C@H](OC(C)=O)[C@H]5OC(C)=O)CCC45CC35CC[C@]12C. The van der Waals surface area contributed by atoms with Gasteiger partial charge in [-0.15, -0.1) is 0 Å². The molecule has 1 heterocycles. The molecule has 1 saturated heterocycles. The molecule has 5 saturated carbocycles. The Hall–Kier alpha value is -2.46. The van der Waals surface area contributed by atoms with Crippen molar-refractivity contribution in [2.75, 3.05) is 6.61 Å². The van der Waals surface area contributed by atoms with Crippen LogP contribution in [0.1, 0.15) is 147 Å². The van der Waals surface area contributed by atoms with Crippen molar-refractivity contribution in [3.63, 3.8) is 0 Å². The van der Waals surface area contributed by atoms with Crippen LogP contribution in [0.2, 0.25) is 0 Å². The minimum atomic E-state index is -1.24. The van der Waals surface area contributed by atoms with Gasteiger partial charge in [-0.05, 0) is 134 Å². The van der Waals surface area contributed by atoms with Gasteiger partial charge in [0.15, 0.2) is 24.6 Å². The van der Waals surface area contributed by atoms with Gasteiger partial charge in [-0.25, -0.2) is 0 Å². The summed E-state index contributed by atoms with van der Waals surface area (Å²) in [4.78, 5) is 49.1. The maximum atomic E-state index is 12.5. The van der Waals surface area contributed by atoms with Crippen LogP contribution in [0.4, 0.5) is 0 Å². The molecule has 10 nitrogen and oxygen atoms in total. The van der Waals surface area contributed by atoms with Gasteiger partial charge in [-0.3, -0.25) is 19.2 Å². The van der Waals surface area contributed by atoms with Gasteiger partial charge >= 0.3 is 23.9 Å². The van der Waals surface area contributed by atoms with E-state index >= 15 is 0 Å². The van der Waals surface area contributed by atoms with E-state index in [2.05, 4.69) is 55.0 Å². The van der Waals surface area contributed by atoms with E-state index in [1.54, 1.807) is 0 Å². The molecule has 0 N–H and O–H groups in total. The van der Waals surface area contributed by atoms with Crippen LogP contribution < -0.4 is 0 Å². The Labute approximate surface area is 329 Å². The summed E-state index contributed by atoms with van der Waals surface area (Å²) in [5, 5.41) is 0. The van der Waals surface area contributed by atoms with Crippen LogP contribution in [0, 0.1) is 56.7 Å². The second kappa shape index (κ2) is 15.0. The summed E-state index contributed by atoms with van der Waals surface area (Å²) in [6, 6.07) is 0. The van der Waals surface area contributed by atoms with Crippen molar-refractivity contribution in [3.05, 3.63) is 12.2 Å². The van der Waals surface area contributed by atoms with E-state index in [0.29, 0.717) is 28.1 Å². The molecule has 15 atom stereocenters. The summed E-state index contributed by atoms with van der Waals surface area (Å²) in [6.07, 6.45) is 7.29. The van der Waals surface area contributed by atoms with Crippen molar-refractivity contribution in [2.24, 2.45) is 56.7 Å². The number of carbonyl (C=O) groups is 4. The summed E-state index contributed by atoms with van der Waals surface area (Å²) >= 11 is 0. The zero-order chi connectivity index (χ0) is 40.5. The summed E-state index contributed by atoms with van der Waals surface area (Å²) < 4.78 is 35.7. The largest absolute Gasteiger partial charge is 0.463 e. The Bertz CT molecular complexity index is 1520. The normalized spacial score (nSPS) is 43.6. The molecule has 6 unspecified atom stereocenters. The van der Waals surface area contributed by atoms with Gasteiger partial charge in [0.1, 0.15) is 12.7 Å². The first-order chi connectivity index (χ1) is 25.6. The number of ether oxygens (including phenoxy) is 6. The molecular formula is C45H70O10. The molecule has 0 bridgehead atoms. The van der Waals surface area contributed by atoms with E-state index in [-0.39, 0.29) is 23.5 Å². The quantitative estimate of drug-likeness (QED) is 0.0826. The van der Waals surface area contributed by atoms with Crippen LogP contribution in [-0.2, 0) is 47.6 Å². The summed E-state index contributed by atoms with van der Waals surface area (Å²) in [5.41, 5.74) is 2.41. The van der Waals surface area contributed by atoms with E-state index in [1.165, 1.54) is 84.6 Å². The standard InChI is InChI=1S/C45H70O10/c1-25(2)26(3)13-14-27(4)32-17-19-43(12)35-16-15-34-41(9,10)36(18-20-44(34)24-45(35,44)22-21-42(32,43)11)55-40-39(53-31(8)49)38(52-30(7)48)37(51-29(6)47)33(54-40)23-50-28(5)46/h26-27,32-40H,1,13-24H2,2-12H3/t26?,27?,32?,33-,34?,35+,36+,37-,38+,39-,40+,42-,43+,44?,45?/m1/s1. The molecule has 0 aromatic rings. The molecule has 1 aliphatic heterocycles. The molecule has 0 radical (unpaired) electrons. The van der Waals surface area contributed by atoms with Gasteiger partial charge in [-0.2, -0.15) is 0 Å². The van der Waals surface area contributed by atoms with Crippen molar-refractivity contribution in [1.82, 2.24) is 0 Å². The Morgan fingerprint density at radius 1 is 0.691 bits per heavy atom.